The van der Waals surface area contributed by atoms with Crippen molar-refractivity contribution in [3.05, 3.63) is 88.1 Å². The Morgan fingerprint density at radius 3 is 2.60 bits per heavy atom. The molecule has 178 valence electrons. The van der Waals surface area contributed by atoms with E-state index < -0.39 is 4.92 Å². The first-order valence-corrected chi connectivity index (χ1v) is 11.6. The van der Waals surface area contributed by atoms with Gasteiger partial charge in [0.1, 0.15) is 5.82 Å². The third kappa shape index (κ3) is 4.96. The Balaban J connectivity index is 1.37. The number of para-hydroxylation sites is 1. The van der Waals surface area contributed by atoms with Crippen molar-refractivity contribution >= 4 is 11.6 Å². The first-order valence-electron chi connectivity index (χ1n) is 11.6. The van der Waals surface area contributed by atoms with Crippen molar-refractivity contribution in [2.75, 3.05) is 0 Å². The van der Waals surface area contributed by atoms with Gasteiger partial charge in [-0.15, -0.1) is 10.2 Å². The monoisotopic (exact) mass is 471 g/mol. The molecule has 0 radical (unpaired) electrons. The minimum Gasteiger partial charge on any atom is -0.349 e. The quantitative estimate of drug-likeness (QED) is 0.325. The Bertz CT molecular complexity index is 1340. The van der Waals surface area contributed by atoms with Crippen molar-refractivity contribution in [3.8, 4) is 16.9 Å². The van der Waals surface area contributed by atoms with Gasteiger partial charge in [-0.05, 0) is 37.1 Å². The predicted octanol–water partition coefficient (Wildman–Crippen LogP) is 3.62. The van der Waals surface area contributed by atoms with Gasteiger partial charge in [0.15, 0.2) is 5.82 Å². The normalized spacial score (nSPS) is 13.1. The predicted molar refractivity (Wildman–Crippen MR) is 129 cm³/mol. The van der Waals surface area contributed by atoms with Gasteiger partial charge in [0.25, 0.3) is 5.69 Å². The van der Waals surface area contributed by atoms with Crippen LogP contribution in [-0.2, 0) is 30.7 Å². The SMILES string of the molecule is O=C(Cc1cn(-c2ccccc2)nc1-c1ccc([N+](=O)[O-])cc1)NCc1nnc2n1CCCCC2. The van der Waals surface area contributed by atoms with Crippen LogP contribution in [0, 0.1) is 10.1 Å². The molecule has 0 atom stereocenters. The van der Waals surface area contributed by atoms with Crippen LogP contribution in [0.15, 0.2) is 60.8 Å². The number of aryl methyl sites for hydroxylation is 1. The van der Waals surface area contributed by atoms with E-state index in [1.807, 2.05) is 36.5 Å². The summed E-state index contributed by atoms with van der Waals surface area (Å²) in [6, 6.07) is 15.8. The Hall–Kier alpha value is -4.34. The lowest BCUT2D eigenvalue weighted by molar-refractivity contribution is -0.384. The van der Waals surface area contributed by atoms with Gasteiger partial charge in [-0.1, -0.05) is 24.6 Å². The minimum atomic E-state index is -0.439. The number of hydrogen-bond donors (Lipinski definition) is 1. The van der Waals surface area contributed by atoms with Gasteiger partial charge in [0.05, 0.1) is 29.3 Å². The number of nitrogens with one attached hydrogen (secondary N) is 1. The molecule has 10 heteroatoms. The Kier molecular flexibility index (Phi) is 6.34. The van der Waals surface area contributed by atoms with E-state index in [1.54, 1.807) is 16.8 Å². The third-order valence-corrected chi connectivity index (χ3v) is 6.14. The zero-order chi connectivity index (χ0) is 24.2. The van der Waals surface area contributed by atoms with Crippen LogP contribution in [0.5, 0.6) is 0 Å². The highest BCUT2D eigenvalue weighted by Crippen LogP contribution is 2.26. The van der Waals surface area contributed by atoms with Gasteiger partial charge in [0, 0.05) is 42.4 Å². The fraction of sp³-hybridized carbons (Fsp3) is 0.280. The summed E-state index contributed by atoms with van der Waals surface area (Å²) in [6.45, 7) is 1.19. The lowest BCUT2D eigenvalue weighted by Crippen LogP contribution is -2.26. The first kappa shape index (κ1) is 22.5. The van der Waals surface area contributed by atoms with Crippen molar-refractivity contribution in [3.63, 3.8) is 0 Å². The molecule has 0 bridgehead atoms. The standard InChI is InChI=1S/C25H25N7O3/c33-24(26-16-23-28-27-22-9-5-2-6-14-30(22)23)15-19-17-31(20-7-3-1-4-8-20)29-25(19)18-10-12-21(13-11-18)32(34)35/h1,3-4,7-8,10-13,17H,2,5-6,9,14-16H2,(H,26,33). The Labute approximate surface area is 201 Å². The maximum Gasteiger partial charge on any atom is 0.269 e. The molecule has 5 rings (SSSR count). The number of fused-ring (bicyclic) bond motifs is 1. The lowest BCUT2D eigenvalue weighted by atomic mass is 10.1. The molecule has 35 heavy (non-hydrogen) atoms. The number of nitro groups is 1. The minimum absolute atomic E-state index is 0.00275. The number of aromatic nitrogens is 5. The molecule has 3 heterocycles. The van der Waals surface area contributed by atoms with E-state index in [4.69, 9.17) is 5.10 Å². The van der Waals surface area contributed by atoms with E-state index in [0.29, 0.717) is 17.8 Å². The zero-order valence-corrected chi connectivity index (χ0v) is 19.1. The number of carbonyl (C=O) groups excluding carboxylic acids is 1. The third-order valence-electron chi connectivity index (χ3n) is 6.14. The molecule has 0 spiro atoms. The van der Waals surface area contributed by atoms with Crippen LogP contribution in [0.3, 0.4) is 0 Å². The fourth-order valence-corrected chi connectivity index (χ4v) is 4.33. The molecule has 1 aliphatic rings. The number of carbonyl (C=O) groups is 1. The molecule has 1 amide bonds. The molecule has 2 aromatic carbocycles. The molecule has 0 unspecified atom stereocenters. The smallest absolute Gasteiger partial charge is 0.269 e. The van der Waals surface area contributed by atoms with Crippen LogP contribution in [0.25, 0.3) is 16.9 Å². The first-order chi connectivity index (χ1) is 17.1. The summed E-state index contributed by atoms with van der Waals surface area (Å²) in [5.41, 5.74) is 2.89. The van der Waals surface area contributed by atoms with E-state index in [9.17, 15) is 14.9 Å². The van der Waals surface area contributed by atoms with Crippen LogP contribution >= 0.6 is 0 Å². The van der Waals surface area contributed by atoms with E-state index in [-0.39, 0.29) is 18.0 Å². The van der Waals surface area contributed by atoms with Gasteiger partial charge in [-0.2, -0.15) is 5.10 Å². The number of rotatable bonds is 7. The summed E-state index contributed by atoms with van der Waals surface area (Å²) >= 11 is 0. The van der Waals surface area contributed by atoms with Gasteiger partial charge in [-0.3, -0.25) is 14.9 Å². The van der Waals surface area contributed by atoms with Crippen molar-refractivity contribution in [1.82, 2.24) is 29.9 Å². The van der Waals surface area contributed by atoms with Gasteiger partial charge < -0.3 is 9.88 Å². The number of nitrogens with zero attached hydrogens (tertiary/aromatic N) is 6. The summed E-state index contributed by atoms with van der Waals surface area (Å²) in [6.07, 6.45) is 6.23. The molecular weight excluding hydrogens is 446 g/mol. The van der Waals surface area contributed by atoms with Crippen LogP contribution < -0.4 is 5.32 Å². The Morgan fingerprint density at radius 1 is 1.03 bits per heavy atom. The molecule has 0 fully saturated rings. The molecular formula is C25H25N7O3. The molecule has 4 aromatic rings. The maximum atomic E-state index is 12.9. The van der Waals surface area contributed by atoms with Crippen molar-refractivity contribution in [2.24, 2.45) is 0 Å². The number of amides is 1. The van der Waals surface area contributed by atoms with Gasteiger partial charge >= 0.3 is 0 Å². The second-order valence-electron chi connectivity index (χ2n) is 8.54. The molecule has 1 N–H and O–H groups in total. The van der Waals surface area contributed by atoms with Crippen LogP contribution in [0.1, 0.15) is 36.5 Å². The summed E-state index contributed by atoms with van der Waals surface area (Å²) in [4.78, 5) is 23.5. The molecule has 10 nitrogen and oxygen atoms in total. The van der Waals surface area contributed by atoms with Crippen molar-refractivity contribution in [2.45, 2.75) is 45.2 Å². The van der Waals surface area contributed by atoms with E-state index in [0.717, 1.165) is 48.7 Å². The number of benzene rings is 2. The number of non-ortho nitro benzene ring substituents is 1. The highest BCUT2D eigenvalue weighted by Gasteiger charge is 2.18. The molecule has 1 aliphatic heterocycles. The Morgan fingerprint density at radius 2 is 1.83 bits per heavy atom. The van der Waals surface area contributed by atoms with Crippen LogP contribution in [0.4, 0.5) is 5.69 Å². The fourth-order valence-electron chi connectivity index (χ4n) is 4.33. The zero-order valence-electron chi connectivity index (χ0n) is 19.1. The summed E-state index contributed by atoms with van der Waals surface area (Å²) in [5.74, 6) is 1.59. The van der Waals surface area contributed by atoms with Gasteiger partial charge in [-0.25, -0.2) is 4.68 Å². The topological polar surface area (TPSA) is 121 Å². The number of nitro benzene ring substituents is 1. The van der Waals surface area contributed by atoms with Crippen molar-refractivity contribution in [1.29, 1.82) is 0 Å². The van der Waals surface area contributed by atoms with Crippen LogP contribution in [-0.4, -0.2) is 35.4 Å². The second-order valence-corrected chi connectivity index (χ2v) is 8.54. The summed E-state index contributed by atoms with van der Waals surface area (Å²) in [5, 5.41) is 27.3. The highest BCUT2D eigenvalue weighted by atomic mass is 16.6. The maximum absolute atomic E-state index is 12.9. The van der Waals surface area contributed by atoms with E-state index in [2.05, 4.69) is 20.1 Å². The van der Waals surface area contributed by atoms with Crippen molar-refractivity contribution < 1.29 is 9.72 Å². The molecule has 2 aromatic heterocycles. The van der Waals surface area contributed by atoms with Crippen LogP contribution in [0.2, 0.25) is 0 Å². The highest BCUT2D eigenvalue weighted by molar-refractivity contribution is 5.81. The number of hydrogen-bond acceptors (Lipinski definition) is 6. The lowest BCUT2D eigenvalue weighted by Gasteiger charge is -2.08. The molecule has 0 saturated heterocycles. The van der Waals surface area contributed by atoms with E-state index >= 15 is 0 Å². The van der Waals surface area contributed by atoms with E-state index in [1.165, 1.54) is 18.6 Å². The second kappa shape index (κ2) is 9.88. The molecule has 0 aliphatic carbocycles. The summed E-state index contributed by atoms with van der Waals surface area (Å²) in [7, 11) is 0. The molecule has 0 saturated carbocycles. The largest absolute Gasteiger partial charge is 0.349 e. The summed E-state index contributed by atoms with van der Waals surface area (Å²) < 4.78 is 3.83. The van der Waals surface area contributed by atoms with Gasteiger partial charge in [0.2, 0.25) is 5.91 Å². The average molecular weight is 472 g/mol. The average Bonchev–Trinajstić information content (AvgIpc) is 3.39.